The highest BCUT2D eigenvalue weighted by Gasteiger charge is 2.26. The second-order valence-electron chi connectivity index (χ2n) is 7.52. The van der Waals surface area contributed by atoms with Crippen molar-refractivity contribution in [3.05, 3.63) is 54.0 Å². The van der Waals surface area contributed by atoms with Gasteiger partial charge in [0.15, 0.2) is 0 Å². The lowest BCUT2D eigenvalue weighted by Gasteiger charge is -2.34. The fourth-order valence-corrected chi connectivity index (χ4v) is 4.00. The summed E-state index contributed by atoms with van der Waals surface area (Å²) in [6.45, 7) is 4.91. The van der Waals surface area contributed by atoms with Crippen molar-refractivity contribution in [3.63, 3.8) is 0 Å². The predicted molar refractivity (Wildman–Crippen MR) is 105 cm³/mol. The number of carbonyl (C=O) groups is 1. The van der Waals surface area contributed by atoms with Crippen LogP contribution in [0.25, 0.3) is 11.3 Å². The molecule has 2 aliphatic heterocycles. The Morgan fingerprint density at radius 3 is 2.68 bits per heavy atom. The van der Waals surface area contributed by atoms with E-state index in [0.29, 0.717) is 38.8 Å². The molecule has 1 aromatic carbocycles. The average molecular weight is 383 g/mol. The van der Waals surface area contributed by atoms with Crippen LogP contribution in [0.4, 0.5) is 4.39 Å². The third kappa shape index (κ3) is 4.56. The lowest BCUT2D eigenvalue weighted by atomic mass is 9.93. The Morgan fingerprint density at radius 1 is 1.11 bits per heavy atom. The van der Waals surface area contributed by atoms with E-state index in [1.54, 1.807) is 12.1 Å². The van der Waals surface area contributed by atoms with Crippen LogP contribution in [0.15, 0.2) is 42.5 Å². The summed E-state index contributed by atoms with van der Waals surface area (Å²) < 4.78 is 18.5. The van der Waals surface area contributed by atoms with Crippen LogP contribution in [0.1, 0.15) is 24.5 Å². The molecule has 2 saturated heterocycles. The van der Waals surface area contributed by atoms with E-state index in [1.807, 2.05) is 17.0 Å². The average Bonchev–Trinajstić information content (AvgIpc) is 2.75. The molecule has 0 spiro atoms. The zero-order valence-electron chi connectivity index (χ0n) is 16.0. The molecule has 148 valence electrons. The topological polar surface area (TPSA) is 45.7 Å². The normalized spacial score (nSPS) is 20.9. The molecule has 2 aromatic rings. The van der Waals surface area contributed by atoms with Gasteiger partial charge in [-0.25, -0.2) is 4.39 Å². The van der Waals surface area contributed by atoms with Crippen molar-refractivity contribution >= 4 is 5.91 Å². The van der Waals surface area contributed by atoms with Gasteiger partial charge >= 0.3 is 0 Å². The minimum atomic E-state index is -0.243. The summed E-state index contributed by atoms with van der Waals surface area (Å²) in [5.41, 5.74) is 2.82. The summed E-state index contributed by atoms with van der Waals surface area (Å²) in [6.07, 6.45) is 2.13. The van der Waals surface area contributed by atoms with Crippen molar-refractivity contribution in [3.8, 4) is 11.3 Å². The number of benzene rings is 1. The van der Waals surface area contributed by atoms with Gasteiger partial charge in [-0.2, -0.15) is 0 Å². The van der Waals surface area contributed by atoms with E-state index in [0.717, 1.165) is 42.9 Å². The van der Waals surface area contributed by atoms with Gasteiger partial charge in [0, 0.05) is 36.8 Å². The lowest BCUT2D eigenvalue weighted by molar-refractivity contribution is -0.136. The van der Waals surface area contributed by atoms with Crippen LogP contribution >= 0.6 is 0 Å². The molecule has 6 heteroatoms. The monoisotopic (exact) mass is 383 g/mol. The van der Waals surface area contributed by atoms with E-state index in [9.17, 15) is 9.18 Å². The molecular weight excluding hydrogens is 357 g/mol. The Balaban J connectivity index is 1.42. The fraction of sp³-hybridized carbons (Fsp3) is 0.455. The molecule has 0 bridgehead atoms. The minimum Gasteiger partial charge on any atom is -0.378 e. The molecule has 0 N–H and O–H groups in total. The van der Waals surface area contributed by atoms with Crippen LogP contribution in [-0.4, -0.2) is 66.6 Å². The van der Waals surface area contributed by atoms with Crippen LogP contribution in [0.3, 0.4) is 0 Å². The smallest absolute Gasteiger partial charge is 0.236 e. The van der Waals surface area contributed by atoms with Gasteiger partial charge in [0.2, 0.25) is 5.91 Å². The van der Waals surface area contributed by atoms with Crippen molar-refractivity contribution in [2.45, 2.75) is 18.8 Å². The number of nitrogens with zero attached hydrogens (tertiary/aromatic N) is 3. The Morgan fingerprint density at radius 2 is 1.89 bits per heavy atom. The number of ether oxygens (including phenoxy) is 1. The highest BCUT2D eigenvalue weighted by molar-refractivity contribution is 5.78. The maximum absolute atomic E-state index is 13.2. The molecule has 2 aliphatic rings. The summed E-state index contributed by atoms with van der Waals surface area (Å²) in [6, 6.07) is 12.5. The molecule has 5 nitrogen and oxygen atoms in total. The molecular formula is C22H26FN3O2. The number of rotatable bonds is 4. The summed E-state index contributed by atoms with van der Waals surface area (Å²) in [4.78, 5) is 21.5. The summed E-state index contributed by atoms with van der Waals surface area (Å²) >= 11 is 0. The minimum absolute atomic E-state index is 0.192. The molecule has 0 unspecified atom stereocenters. The summed E-state index contributed by atoms with van der Waals surface area (Å²) in [5, 5.41) is 0. The van der Waals surface area contributed by atoms with E-state index >= 15 is 0 Å². The first-order valence-electron chi connectivity index (χ1n) is 10.00. The van der Waals surface area contributed by atoms with Crippen LogP contribution in [0.5, 0.6) is 0 Å². The zero-order valence-corrected chi connectivity index (χ0v) is 16.0. The largest absolute Gasteiger partial charge is 0.378 e. The van der Waals surface area contributed by atoms with Crippen molar-refractivity contribution in [1.29, 1.82) is 0 Å². The Hall–Kier alpha value is -2.31. The van der Waals surface area contributed by atoms with E-state index in [4.69, 9.17) is 9.72 Å². The summed E-state index contributed by atoms with van der Waals surface area (Å²) in [5.74, 6) is 0.261. The quantitative estimate of drug-likeness (QED) is 0.814. The van der Waals surface area contributed by atoms with Gasteiger partial charge in [0.1, 0.15) is 5.82 Å². The van der Waals surface area contributed by atoms with Crippen molar-refractivity contribution in [1.82, 2.24) is 14.8 Å². The number of hydrogen-bond donors (Lipinski definition) is 0. The highest BCUT2D eigenvalue weighted by atomic mass is 19.1. The van der Waals surface area contributed by atoms with Crippen LogP contribution in [0, 0.1) is 5.82 Å². The highest BCUT2D eigenvalue weighted by Crippen LogP contribution is 2.27. The number of morpholine rings is 1. The molecule has 4 rings (SSSR count). The van der Waals surface area contributed by atoms with Crippen LogP contribution in [-0.2, 0) is 9.53 Å². The number of piperidine rings is 1. The van der Waals surface area contributed by atoms with Gasteiger partial charge in [-0.05, 0) is 55.8 Å². The van der Waals surface area contributed by atoms with Gasteiger partial charge in [-0.15, -0.1) is 0 Å². The number of hydrogen-bond acceptors (Lipinski definition) is 4. The Bertz CT molecular complexity index is 806. The Labute approximate surface area is 165 Å². The maximum Gasteiger partial charge on any atom is 0.236 e. The summed E-state index contributed by atoms with van der Waals surface area (Å²) in [7, 11) is 0. The van der Waals surface area contributed by atoms with Crippen LogP contribution < -0.4 is 0 Å². The molecule has 1 amide bonds. The fourth-order valence-electron chi connectivity index (χ4n) is 4.00. The van der Waals surface area contributed by atoms with Gasteiger partial charge < -0.3 is 9.64 Å². The zero-order chi connectivity index (χ0) is 19.3. The molecule has 1 aromatic heterocycles. The van der Waals surface area contributed by atoms with Crippen LogP contribution in [0.2, 0.25) is 0 Å². The number of aromatic nitrogens is 1. The lowest BCUT2D eigenvalue weighted by Crippen LogP contribution is -2.47. The maximum atomic E-state index is 13.2. The van der Waals surface area contributed by atoms with Gasteiger partial charge in [-0.1, -0.05) is 6.07 Å². The molecule has 1 atom stereocenters. The Kier molecular flexibility index (Phi) is 5.98. The third-order valence-corrected chi connectivity index (χ3v) is 5.56. The van der Waals surface area contributed by atoms with Gasteiger partial charge in [0.25, 0.3) is 0 Å². The number of amides is 1. The molecule has 28 heavy (non-hydrogen) atoms. The van der Waals surface area contributed by atoms with Crippen molar-refractivity contribution in [2.24, 2.45) is 0 Å². The van der Waals surface area contributed by atoms with E-state index in [-0.39, 0.29) is 11.7 Å². The molecule has 2 fully saturated rings. The standard InChI is InChI=1S/C22H26FN3O2/c23-19-8-6-17(7-9-19)20-4-1-5-21(24-20)18-3-2-10-25(15-18)16-22(27)26-11-13-28-14-12-26/h1,4-9,18H,2-3,10-16H2/t18-/m0/s1. The molecule has 0 aliphatic carbocycles. The number of carbonyl (C=O) groups excluding carboxylic acids is 1. The predicted octanol–water partition coefficient (Wildman–Crippen LogP) is 2.93. The molecule has 0 saturated carbocycles. The second kappa shape index (κ2) is 8.80. The molecule has 0 radical (unpaired) electrons. The van der Waals surface area contributed by atoms with Gasteiger partial charge in [0.05, 0.1) is 25.5 Å². The van der Waals surface area contributed by atoms with E-state index in [2.05, 4.69) is 11.0 Å². The van der Waals surface area contributed by atoms with Crippen molar-refractivity contribution in [2.75, 3.05) is 45.9 Å². The first-order valence-corrected chi connectivity index (χ1v) is 10.00. The van der Waals surface area contributed by atoms with E-state index < -0.39 is 0 Å². The number of likely N-dealkylation sites (tertiary alicyclic amines) is 1. The van der Waals surface area contributed by atoms with Crippen molar-refractivity contribution < 1.29 is 13.9 Å². The SMILES string of the molecule is O=C(CN1CCC[C@H](c2cccc(-c3ccc(F)cc3)n2)C1)N1CCOCC1. The first kappa shape index (κ1) is 19.0. The third-order valence-electron chi connectivity index (χ3n) is 5.56. The molecule has 3 heterocycles. The first-order chi connectivity index (χ1) is 13.7. The van der Waals surface area contributed by atoms with Gasteiger partial charge in [-0.3, -0.25) is 14.7 Å². The second-order valence-corrected chi connectivity index (χ2v) is 7.52. The number of halogens is 1. The van der Waals surface area contributed by atoms with E-state index in [1.165, 1.54) is 12.1 Å². The number of pyridine rings is 1.